The first kappa shape index (κ1) is 29.7. The number of rotatable bonds is 4. The van der Waals surface area contributed by atoms with E-state index < -0.39 is 52.1 Å². The summed E-state index contributed by atoms with van der Waals surface area (Å²) in [5, 5.41) is 10.6. The van der Waals surface area contributed by atoms with Crippen LogP contribution in [0.5, 0.6) is 17.2 Å². The first-order chi connectivity index (χ1) is 18.6. The lowest BCUT2D eigenvalue weighted by atomic mass is 10.0. The van der Waals surface area contributed by atoms with Gasteiger partial charge in [0, 0.05) is 18.0 Å². The van der Waals surface area contributed by atoms with Crippen LogP contribution in [0.4, 0.5) is 40.8 Å². The van der Waals surface area contributed by atoms with Crippen LogP contribution in [0, 0.1) is 11.6 Å². The van der Waals surface area contributed by atoms with Crippen LogP contribution in [0.25, 0.3) is 0 Å². The molecule has 1 amide bonds. The van der Waals surface area contributed by atoms with Crippen LogP contribution >= 0.6 is 0 Å². The molecule has 0 saturated heterocycles. The standard InChI is InChI=1S/C20H11F7N2O3.C6H5FO/c21-11-1-3-13(4-2-11)32-15-8-10(19(22,23)24)7-14(20(25,26)27)17(15)18(31)29-12-5-6-28-16(30)9-12;7-5-1-3-6(8)4-2-5/h1-9H,(H2,28,29,30,31);1-4,8H. The van der Waals surface area contributed by atoms with Gasteiger partial charge in [-0.1, -0.05) is 0 Å². The fourth-order valence-corrected chi connectivity index (χ4v) is 3.10. The molecule has 0 bridgehead atoms. The number of H-pyrrole nitrogens is 1. The lowest BCUT2D eigenvalue weighted by Gasteiger charge is -2.20. The number of pyridine rings is 1. The third-order valence-electron chi connectivity index (χ3n) is 4.86. The van der Waals surface area contributed by atoms with Gasteiger partial charge in [0.25, 0.3) is 5.91 Å². The molecule has 1 aromatic heterocycles. The van der Waals surface area contributed by atoms with Gasteiger partial charge in [-0.2, -0.15) is 26.3 Å². The monoisotopic (exact) mass is 572 g/mol. The number of hydrogen-bond acceptors (Lipinski definition) is 4. The average molecular weight is 572 g/mol. The molecule has 6 nitrogen and oxygen atoms in total. The smallest absolute Gasteiger partial charge is 0.417 e. The quantitative estimate of drug-likeness (QED) is 0.227. The van der Waals surface area contributed by atoms with Crippen molar-refractivity contribution in [3.63, 3.8) is 0 Å². The Labute approximate surface area is 219 Å². The van der Waals surface area contributed by atoms with Gasteiger partial charge in [0.15, 0.2) is 0 Å². The molecule has 1 heterocycles. The summed E-state index contributed by atoms with van der Waals surface area (Å²) < 4.78 is 111. The Hall–Kier alpha value is -4.88. The molecule has 0 atom stereocenters. The highest BCUT2D eigenvalue weighted by molar-refractivity contribution is 6.07. The van der Waals surface area contributed by atoms with Crippen LogP contribution in [0.15, 0.2) is 83.8 Å². The van der Waals surface area contributed by atoms with E-state index in [0.717, 1.165) is 42.6 Å². The van der Waals surface area contributed by atoms with Crippen LogP contribution in [-0.2, 0) is 12.4 Å². The van der Waals surface area contributed by atoms with Crippen molar-refractivity contribution >= 4 is 11.6 Å². The zero-order valence-corrected chi connectivity index (χ0v) is 19.7. The molecule has 0 radical (unpaired) electrons. The van der Waals surface area contributed by atoms with Crippen molar-refractivity contribution in [2.24, 2.45) is 0 Å². The van der Waals surface area contributed by atoms with Crippen molar-refractivity contribution in [3.05, 3.63) is 118 Å². The number of alkyl halides is 6. The lowest BCUT2D eigenvalue weighted by Crippen LogP contribution is -2.22. The summed E-state index contributed by atoms with van der Waals surface area (Å²) in [7, 11) is 0. The van der Waals surface area contributed by atoms with E-state index in [-0.39, 0.29) is 35.1 Å². The minimum Gasteiger partial charge on any atom is -0.508 e. The average Bonchev–Trinajstić information content (AvgIpc) is 2.86. The van der Waals surface area contributed by atoms with E-state index in [1.54, 1.807) is 0 Å². The number of anilines is 1. The maximum absolute atomic E-state index is 13.6. The predicted molar refractivity (Wildman–Crippen MR) is 126 cm³/mol. The van der Waals surface area contributed by atoms with Gasteiger partial charge in [0.2, 0.25) is 5.56 Å². The van der Waals surface area contributed by atoms with Gasteiger partial charge < -0.3 is 20.1 Å². The van der Waals surface area contributed by atoms with Gasteiger partial charge in [-0.25, -0.2) is 8.78 Å². The van der Waals surface area contributed by atoms with E-state index in [2.05, 4.69) is 4.98 Å². The second-order valence-electron chi connectivity index (χ2n) is 7.82. The van der Waals surface area contributed by atoms with Crippen LogP contribution in [0.1, 0.15) is 21.5 Å². The first-order valence-corrected chi connectivity index (χ1v) is 10.8. The van der Waals surface area contributed by atoms with E-state index >= 15 is 0 Å². The van der Waals surface area contributed by atoms with Crippen LogP contribution in [-0.4, -0.2) is 16.0 Å². The molecule has 210 valence electrons. The Morgan fingerprint density at radius 3 is 1.88 bits per heavy atom. The number of ether oxygens (including phenoxy) is 1. The summed E-state index contributed by atoms with van der Waals surface area (Å²) in [6.45, 7) is 0. The largest absolute Gasteiger partial charge is 0.508 e. The van der Waals surface area contributed by atoms with Gasteiger partial charge in [0.05, 0.1) is 16.7 Å². The molecule has 3 N–H and O–H groups in total. The van der Waals surface area contributed by atoms with Crippen molar-refractivity contribution in [1.82, 2.24) is 4.98 Å². The Balaban J connectivity index is 0.000000472. The maximum Gasteiger partial charge on any atom is 0.417 e. The highest BCUT2D eigenvalue weighted by Gasteiger charge is 2.42. The molecule has 14 heteroatoms. The zero-order chi connectivity index (χ0) is 29.7. The van der Waals surface area contributed by atoms with Gasteiger partial charge in [-0.05, 0) is 66.7 Å². The number of aromatic nitrogens is 1. The van der Waals surface area contributed by atoms with E-state index in [0.29, 0.717) is 0 Å². The summed E-state index contributed by atoms with van der Waals surface area (Å²) in [5.74, 6) is -3.84. The van der Waals surface area contributed by atoms with E-state index in [1.807, 2.05) is 5.32 Å². The molecule has 0 aliphatic heterocycles. The Morgan fingerprint density at radius 2 is 1.38 bits per heavy atom. The summed E-state index contributed by atoms with van der Waals surface area (Å²) in [4.78, 5) is 26.3. The number of carbonyl (C=O) groups is 1. The molecule has 0 spiro atoms. The second kappa shape index (κ2) is 11.9. The fourth-order valence-electron chi connectivity index (χ4n) is 3.10. The normalized spacial score (nSPS) is 11.3. The van der Waals surface area contributed by atoms with Gasteiger partial charge in [0.1, 0.15) is 28.9 Å². The summed E-state index contributed by atoms with van der Waals surface area (Å²) in [6.07, 6.45) is -9.46. The number of amides is 1. The Kier molecular flexibility index (Phi) is 8.82. The number of phenolic OH excluding ortho intramolecular Hbond substituents is 1. The van der Waals surface area contributed by atoms with Crippen LogP contribution in [0.3, 0.4) is 0 Å². The molecule has 3 aromatic carbocycles. The minimum absolute atomic E-state index is 0.0893. The second-order valence-corrected chi connectivity index (χ2v) is 7.82. The lowest BCUT2D eigenvalue weighted by molar-refractivity contribution is -0.143. The van der Waals surface area contributed by atoms with Gasteiger partial charge in [-0.3, -0.25) is 9.59 Å². The maximum atomic E-state index is 13.6. The Bertz CT molecular complexity index is 1510. The molecule has 40 heavy (non-hydrogen) atoms. The predicted octanol–water partition coefficient (Wildman–Crippen LogP) is 7.13. The number of carbonyl (C=O) groups excluding carboxylic acids is 1. The molecular weight excluding hydrogens is 556 g/mol. The first-order valence-electron chi connectivity index (χ1n) is 10.8. The number of nitrogens with one attached hydrogen (secondary N) is 2. The topological polar surface area (TPSA) is 91.4 Å². The number of aromatic amines is 1. The number of halogens is 8. The molecule has 0 aliphatic rings. The highest BCUT2D eigenvalue weighted by atomic mass is 19.4. The minimum atomic E-state index is -5.37. The molecule has 0 saturated carbocycles. The van der Waals surface area contributed by atoms with E-state index in [1.165, 1.54) is 24.3 Å². The molecule has 4 rings (SSSR count). The van der Waals surface area contributed by atoms with Crippen molar-refractivity contribution in [2.75, 3.05) is 5.32 Å². The molecule has 0 aliphatic carbocycles. The number of phenols is 1. The number of aromatic hydroxyl groups is 1. The van der Waals surface area contributed by atoms with Crippen LogP contribution in [0.2, 0.25) is 0 Å². The number of benzene rings is 3. The molecule has 4 aromatic rings. The molecule has 0 unspecified atom stereocenters. The van der Waals surface area contributed by atoms with Crippen molar-refractivity contribution in [3.8, 4) is 17.2 Å². The summed E-state index contributed by atoms with van der Waals surface area (Å²) in [6, 6.07) is 10.7. The van der Waals surface area contributed by atoms with Gasteiger partial charge in [-0.15, -0.1) is 0 Å². The third-order valence-corrected chi connectivity index (χ3v) is 4.86. The van der Waals surface area contributed by atoms with E-state index in [4.69, 9.17) is 9.84 Å². The summed E-state index contributed by atoms with van der Waals surface area (Å²) in [5.41, 5.74) is -5.77. The van der Waals surface area contributed by atoms with Gasteiger partial charge >= 0.3 is 12.4 Å². The number of hydrogen-bond donors (Lipinski definition) is 3. The fraction of sp³-hybridized carbons (Fsp3) is 0.0769. The van der Waals surface area contributed by atoms with E-state index in [9.17, 15) is 44.7 Å². The van der Waals surface area contributed by atoms with Crippen molar-refractivity contribution in [2.45, 2.75) is 12.4 Å². The van der Waals surface area contributed by atoms with Crippen LogP contribution < -0.4 is 15.6 Å². The molecule has 0 fully saturated rings. The molecular formula is C26H16F8N2O4. The zero-order valence-electron chi connectivity index (χ0n) is 19.7. The summed E-state index contributed by atoms with van der Waals surface area (Å²) >= 11 is 0. The van der Waals surface area contributed by atoms with Crippen molar-refractivity contribution < 1.29 is 49.8 Å². The third kappa shape index (κ3) is 8.06. The highest BCUT2D eigenvalue weighted by Crippen LogP contribution is 2.42. The SMILES string of the molecule is O=C(Nc1cc[nH]c(=O)c1)c1c(Oc2ccc(F)cc2)cc(C(F)(F)F)cc1C(F)(F)F.Oc1ccc(F)cc1. The van der Waals surface area contributed by atoms with Crippen molar-refractivity contribution in [1.29, 1.82) is 0 Å². The Morgan fingerprint density at radius 1 is 0.800 bits per heavy atom.